The molecule has 4 heteroatoms. The smallest absolute Gasteiger partial charge is 0.217 e. The highest BCUT2D eigenvalue weighted by Gasteiger charge is 2.10. The predicted molar refractivity (Wildman–Crippen MR) is 56.3 cm³/mol. The van der Waals surface area contributed by atoms with Crippen molar-refractivity contribution >= 4 is 0 Å². The molecule has 0 bridgehead atoms. The Balaban J connectivity index is 2.72. The van der Waals surface area contributed by atoms with E-state index in [0.29, 0.717) is 12.4 Å². The summed E-state index contributed by atoms with van der Waals surface area (Å²) in [7, 11) is 1.63. The number of nitrogens with two attached hydrogens (primary N) is 1. The lowest BCUT2D eigenvalue weighted by Gasteiger charge is -2.15. The van der Waals surface area contributed by atoms with E-state index in [0.717, 1.165) is 12.1 Å². The molecule has 0 radical (unpaired) electrons. The van der Waals surface area contributed by atoms with Crippen molar-refractivity contribution in [2.75, 3.05) is 20.2 Å². The van der Waals surface area contributed by atoms with E-state index in [-0.39, 0.29) is 6.04 Å². The van der Waals surface area contributed by atoms with Crippen LogP contribution < -0.4 is 15.8 Å². The zero-order valence-electron chi connectivity index (χ0n) is 8.66. The minimum absolute atomic E-state index is 0.210. The van der Waals surface area contributed by atoms with Crippen molar-refractivity contribution in [3.05, 3.63) is 23.9 Å². The molecule has 0 aromatic carbocycles. The second kappa shape index (κ2) is 5.57. The zero-order valence-corrected chi connectivity index (χ0v) is 8.66. The van der Waals surface area contributed by atoms with Crippen LogP contribution in [-0.4, -0.2) is 25.2 Å². The lowest BCUT2D eigenvalue weighted by atomic mass is 10.1. The predicted octanol–water partition coefficient (Wildman–Crippen LogP) is 0.700. The number of nitrogens with one attached hydrogen (secondary N) is 1. The Labute approximate surface area is 84.5 Å². The summed E-state index contributed by atoms with van der Waals surface area (Å²) in [5.74, 6) is 0.671. The summed E-state index contributed by atoms with van der Waals surface area (Å²) in [5.41, 5.74) is 6.47. The van der Waals surface area contributed by atoms with Gasteiger partial charge in [0, 0.05) is 30.9 Å². The second-order valence-electron chi connectivity index (χ2n) is 3.07. The molecule has 1 aromatic heterocycles. The van der Waals surface area contributed by atoms with Crippen molar-refractivity contribution in [2.45, 2.75) is 13.0 Å². The summed E-state index contributed by atoms with van der Waals surface area (Å²) in [6.45, 7) is 3.49. The summed E-state index contributed by atoms with van der Waals surface area (Å²) in [6, 6.07) is 4.11. The average Bonchev–Trinajstić information content (AvgIpc) is 2.25. The van der Waals surface area contributed by atoms with E-state index in [1.165, 1.54) is 0 Å². The minimum Gasteiger partial charge on any atom is -0.481 e. The van der Waals surface area contributed by atoms with Crippen molar-refractivity contribution < 1.29 is 4.74 Å². The van der Waals surface area contributed by atoms with Crippen LogP contribution in [0.4, 0.5) is 0 Å². The van der Waals surface area contributed by atoms with Crippen LogP contribution in [0, 0.1) is 0 Å². The fourth-order valence-corrected chi connectivity index (χ4v) is 1.31. The van der Waals surface area contributed by atoms with E-state index in [2.05, 4.69) is 17.2 Å². The molecule has 1 rings (SSSR count). The number of aromatic nitrogens is 1. The van der Waals surface area contributed by atoms with Gasteiger partial charge in [0.1, 0.15) is 0 Å². The van der Waals surface area contributed by atoms with Crippen molar-refractivity contribution in [3.8, 4) is 5.88 Å². The summed E-state index contributed by atoms with van der Waals surface area (Å²) >= 11 is 0. The Bertz CT molecular complexity index is 278. The number of pyridine rings is 1. The molecule has 4 nitrogen and oxygen atoms in total. The first-order valence-corrected chi connectivity index (χ1v) is 4.72. The van der Waals surface area contributed by atoms with Crippen LogP contribution in [0.1, 0.15) is 18.5 Å². The summed E-state index contributed by atoms with van der Waals surface area (Å²) in [6.07, 6.45) is 1.72. The Morgan fingerprint density at radius 2 is 2.43 bits per heavy atom. The highest BCUT2D eigenvalue weighted by atomic mass is 16.5. The van der Waals surface area contributed by atoms with Gasteiger partial charge in [-0.2, -0.15) is 0 Å². The third-order valence-corrected chi connectivity index (χ3v) is 2.06. The van der Waals surface area contributed by atoms with Crippen LogP contribution in [0.5, 0.6) is 5.88 Å². The molecule has 0 fully saturated rings. The van der Waals surface area contributed by atoms with E-state index >= 15 is 0 Å². The van der Waals surface area contributed by atoms with Crippen LogP contribution in [0.2, 0.25) is 0 Å². The number of hydrogen-bond acceptors (Lipinski definition) is 4. The maximum absolute atomic E-state index is 5.42. The number of ether oxygens (including phenoxy) is 1. The normalized spacial score (nSPS) is 12.5. The number of hydrogen-bond donors (Lipinski definition) is 2. The fourth-order valence-electron chi connectivity index (χ4n) is 1.31. The number of methoxy groups -OCH3 is 1. The quantitative estimate of drug-likeness (QED) is 0.726. The number of rotatable bonds is 5. The zero-order chi connectivity index (χ0) is 10.4. The Morgan fingerprint density at radius 3 is 3.07 bits per heavy atom. The van der Waals surface area contributed by atoms with Gasteiger partial charge in [0.2, 0.25) is 5.88 Å². The lowest BCUT2D eigenvalue weighted by Crippen LogP contribution is -2.25. The maximum atomic E-state index is 5.42. The molecule has 0 aliphatic rings. The molecular weight excluding hydrogens is 178 g/mol. The van der Waals surface area contributed by atoms with Gasteiger partial charge in [-0.05, 0) is 13.0 Å². The molecule has 1 heterocycles. The van der Waals surface area contributed by atoms with Crippen molar-refractivity contribution in [3.63, 3.8) is 0 Å². The first kappa shape index (κ1) is 10.9. The topological polar surface area (TPSA) is 60.2 Å². The van der Waals surface area contributed by atoms with Gasteiger partial charge in [-0.3, -0.25) is 0 Å². The van der Waals surface area contributed by atoms with Gasteiger partial charge in [-0.1, -0.05) is 6.07 Å². The second-order valence-corrected chi connectivity index (χ2v) is 3.07. The van der Waals surface area contributed by atoms with Crippen molar-refractivity contribution in [1.29, 1.82) is 0 Å². The van der Waals surface area contributed by atoms with E-state index < -0.39 is 0 Å². The lowest BCUT2D eigenvalue weighted by molar-refractivity contribution is 0.385. The Kier molecular flexibility index (Phi) is 4.35. The molecule has 0 saturated heterocycles. The third kappa shape index (κ3) is 2.68. The molecule has 0 spiro atoms. The van der Waals surface area contributed by atoms with Crippen LogP contribution in [0.3, 0.4) is 0 Å². The van der Waals surface area contributed by atoms with Crippen LogP contribution >= 0.6 is 0 Å². The first-order valence-electron chi connectivity index (χ1n) is 4.72. The molecule has 14 heavy (non-hydrogen) atoms. The molecule has 0 unspecified atom stereocenters. The van der Waals surface area contributed by atoms with Gasteiger partial charge in [0.15, 0.2) is 0 Å². The molecule has 1 aromatic rings. The minimum atomic E-state index is 0.210. The molecule has 0 aliphatic carbocycles. The monoisotopic (exact) mass is 195 g/mol. The fraction of sp³-hybridized carbons (Fsp3) is 0.500. The maximum Gasteiger partial charge on any atom is 0.217 e. The van der Waals surface area contributed by atoms with Crippen LogP contribution in [0.25, 0.3) is 0 Å². The standard InChI is InChI=1S/C10H17N3O/c1-8(12-7-5-11)9-4-3-6-13-10(9)14-2/h3-4,6,8,12H,5,7,11H2,1-2H3/t8-/m1/s1. The first-order chi connectivity index (χ1) is 6.79. The molecule has 1 atom stereocenters. The highest BCUT2D eigenvalue weighted by molar-refractivity contribution is 5.28. The number of nitrogens with zero attached hydrogens (tertiary/aromatic N) is 1. The summed E-state index contributed by atoms with van der Waals surface area (Å²) < 4.78 is 5.16. The van der Waals surface area contributed by atoms with Gasteiger partial charge in [0.25, 0.3) is 0 Å². The largest absolute Gasteiger partial charge is 0.481 e. The van der Waals surface area contributed by atoms with E-state index in [4.69, 9.17) is 10.5 Å². The summed E-state index contributed by atoms with van der Waals surface area (Å²) in [5, 5.41) is 3.28. The molecule has 0 saturated carbocycles. The Hall–Kier alpha value is -1.13. The van der Waals surface area contributed by atoms with E-state index in [1.807, 2.05) is 12.1 Å². The van der Waals surface area contributed by atoms with Crippen molar-refractivity contribution in [2.24, 2.45) is 5.73 Å². The highest BCUT2D eigenvalue weighted by Crippen LogP contribution is 2.21. The summed E-state index contributed by atoms with van der Waals surface area (Å²) in [4.78, 5) is 4.13. The van der Waals surface area contributed by atoms with Gasteiger partial charge >= 0.3 is 0 Å². The molecule has 3 N–H and O–H groups in total. The van der Waals surface area contributed by atoms with Crippen molar-refractivity contribution in [1.82, 2.24) is 10.3 Å². The van der Waals surface area contributed by atoms with Gasteiger partial charge in [0.05, 0.1) is 7.11 Å². The van der Waals surface area contributed by atoms with Gasteiger partial charge in [-0.25, -0.2) is 4.98 Å². The third-order valence-electron chi connectivity index (χ3n) is 2.06. The molecule has 78 valence electrons. The SMILES string of the molecule is COc1ncccc1[C@@H](C)NCCN. The van der Waals surface area contributed by atoms with E-state index in [9.17, 15) is 0 Å². The molecular formula is C10H17N3O. The molecule has 0 aliphatic heterocycles. The molecule has 0 amide bonds. The van der Waals surface area contributed by atoms with Crippen LogP contribution in [-0.2, 0) is 0 Å². The Morgan fingerprint density at radius 1 is 1.64 bits per heavy atom. The average molecular weight is 195 g/mol. The van der Waals surface area contributed by atoms with Crippen LogP contribution in [0.15, 0.2) is 18.3 Å². The van der Waals surface area contributed by atoms with Gasteiger partial charge in [-0.15, -0.1) is 0 Å². The van der Waals surface area contributed by atoms with Gasteiger partial charge < -0.3 is 15.8 Å². The van der Waals surface area contributed by atoms with E-state index in [1.54, 1.807) is 13.3 Å².